The van der Waals surface area contributed by atoms with Gasteiger partial charge in [0.2, 0.25) is 0 Å². The van der Waals surface area contributed by atoms with Gasteiger partial charge in [0, 0.05) is 0 Å². The molecule has 1 rings (SSSR count). The third kappa shape index (κ3) is 3.57. The van der Waals surface area contributed by atoms with Crippen molar-refractivity contribution in [3.8, 4) is 0 Å². The van der Waals surface area contributed by atoms with E-state index in [1.54, 1.807) is 0 Å². The van der Waals surface area contributed by atoms with E-state index in [-0.39, 0.29) is 42.0 Å². The number of halogens is 1. The summed E-state index contributed by atoms with van der Waals surface area (Å²) in [6.07, 6.45) is -4.85. The van der Waals surface area contributed by atoms with Gasteiger partial charge in [-0.15, -0.1) is 12.4 Å². The third-order valence-electron chi connectivity index (χ3n) is 1.95. The van der Waals surface area contributed by atoms with Crippen LogP contribution in [-0.2, 0) is 4.74 Å². The van der Waals surface area contributed by atoms with E-state index in [9.17, 15) is 10.2 Å². The summed E-state index contributed by atoms with van der Waals surface area (Å²) in [5, 5.41) is 36.1. The van der Waals surface area contributed by atoms with Gasteiger partial charge in [-0.3, -0.25) is 0 Å². The number of hydrogen-bond acceptors (Lipinski definition) is 6. The fraction of sp³-hybridized carbons (Fsp3) is 1.00. The van der Waals surface area contributed by atoms with E-state index in [1.807, 2.05) is 0 Å². The molecular formula is C6H15ClNNaO5. The standard InChI is InChI=1S/C6H13NO5.ClH.Na.H/c7-3-5(10)4(9)2(1-8)12-6(3)11;;;/h2-6,8-11H,1,7H2;1H;;/t2-,3-,4-,5-,6-;;;/m1.../s1. The molecule has 1 saturated heterocycles. The molecule has 8 heteroatoms. The van der Waals surface area contributed by atoms with Gasteiger partial charge in [-0.2, -0.15) is 0 Å². The van der Waals surface area contributed by atoms with Gasteiger partial charge in [-0.1, -0.05) is 0 Å². The molecule has 0 unspecified atom stereocenters. The summed E-state index contributed by atoms with van der Waals surface area (Å²) in [5.41, 5.74) is 5.26. The Morgan fingerprint density at radius 2 is 1.64 bits per heavy atom. The number of nitrogens with two attached hydrogens (primary N) is 1. The molecule has 1 aliphatic heterocycles. The Labute approximate surface area is 110 Å². The Morgan fingerprint density at radius 1 is 1.14 bits per heavy atom. The molecule has 0 aliphatic carbocycles. The van der Waals surface area contributed by atoms with Gasteiger partial charge in [0.1, 0.15) is 18.3 Å². The minimum absolute atomic E-state index is 0. The Hall–Kier alpha value is 1.05. The minimum atomic E-state index is -1.35. The summed E-state index contributed by atoms with van der Waals surface area (Å²) in [7, 11) is 0. The van der Waals surface area contributed by atoms with Crippen LogP contribution in [0.3, 0.4) is 0 Å². The first kappa shape index (κ1) is 17.4. The Bertz CT molecular complexity index is 160. The van der Waals surface area contributed by atoms with Gasteiger partial charge in [0.05, 0.1) is 12.6 Å². The maximum absolute atomic E-state index is 9.20. The Morgan fingerprint density at radius 3 is 2.07 bits per heavy atom. The zero-order chi connectivity index (χ0) is 9.30. The topological polar surface area (TPSA) is 116 Å². The van der Waals surface area contributed by atoms with Crippen LogP contribution < -0.4 is 5.73 Å². The SMILES string of the molecule is Cl.N[C@@H]1[C@@H](O)[C@H](O)[C@@H](CO)O[C@H]1O.[NaH]. The molecule has 14 heavy (non-hydrogen) atoms. The van der Waals surface area contributed by atoms with Gasteiger partial charge >= 0.3 is 29.6 Å². The zero-order valence-electron chi connectivity index (χ0n) is 6.78. The van der Waals surface area contributed by atoms with E-state index in [4.69, 9.17) is 20.7 Å². The van der Waals surface area contributed by atoms with Gasteiger partial charge in [-0.05, 0) is 0 Å². The Balaban J connectivity index is 0. The van der Waals surface area contributed by atoms with Crippen molar-refractivity contribution in [1.82, 2.24) is 0 Å². The van der Waals surface area contributed by atoms with Crippen molar-refractivity contribution in [2.75, 3.05) is 6.61 Å². The number of rotatable bonds is 1. The fourth-order valence-electron chi connectivity index (χ4n) is 1.12. The number of hydrogen-bond donors (Lipinski definition) is 5. The molecule has 5 atom stereocenters. The second-order valence-electron chi connectivity index (χ2n) is 2.81. The van der Waals surface area contributed by atoms with Crippen LogP contribution in [0.5, 0.6) is 0 Å². The van der Waals surface area contributed by atoms with Gasteiger partial charge in [0.15, 0.2) is 6.29 Å². The van der Waals surface area contributed by atoms with Crippen molar-refractivity contribution >= 4 is 42.0 Å². The quantitative estimate of drug-likeness (QED) is 0.304. The molecule has 1 fully saturated rings. The molecule has 0 aromatic heterocycles. The molecule has 6 N–H and O–H groups in total. The van der Waals surface area contributed by atoms with Gasteiger partial charge < -0.3 is 30.9 Å². The Kier molecular flexibility index (Phi) is 9.15. The summed E-state index contributed by atoms with van der Waals surface area (Å²) >= 11 is 0. The predicted octanol–water partition coefficient (Wildman–Crippen LogP) is -3.48. The number of aliphatic hydroxyl groups excluding tert-OH is 4. The van der Waals surface area contributed by atoms with Crippen LogP contribution in [0.2, 0.25) is 0 Å². The van der Waals surface area contributed by atoms with E-state index in [2.05, 4.69) is 0 Å². The van der Waals surface area contributed by atoms with Crippen LogP contribution in [0.4, 0.5) is 0 Å². The molecule has 0 radical (unpaired) electrons. The average molecular weight is 240 g/mol. The molecule has 0 aromatic carbocycles. The summed E-state index contributed by atoms with van der Waals surface area (Å²) < 4.78 is 4.70. The van der Waals surface area contributed by atoms with Crippen LogP contribution in [0.25, 0.3) is 0 Å². The second kappa shape index (κ2) is 7.34. The van der Waals surface area contributed by atoms with Crippen molar-refractivity contribution in [3.05, 3.63) is 0 Å². The first-order valence-corrected chi connectivity index (χ1v) is 3.64. The summed E-state index contributed by atoms with van der Waals surface area (Å²) in [5.74, 6) is 0. The third-order valence-corrected chi connectivity index (χ3v) is 1.95. The predicted molar refractivity (Wildman–Crippen MR) is 52.4 cm³/mol. The number of ether oxygens (including phenoxy) is 1. The molecule has 0 aromatic rings. The van der Waals surface area contributed by atoms with E-state index in [0.29, 0.717) is 0 Å². The summed E-state index contributed by atoms with van der Waals surface area (Å²) in [4.78, 5) is 0. The summed E-state index contributed by atoms with van der Waals surface area (Å²) in [6, 6.07) is -1.04. The zero-order valence-corrected chi connectivity index (χ0v) is 7.59. The van der Waals surface area contributed by atoms with Crippen molar-refractivity contribution in [3.63, 3.8) is 0 Å². The normalized spacial score (nSPS) is 42.2. The maximum atomic E-state index is 9.20. The van der Waals surface area contributed by atoms with Crippen LogP contribution in [0.15, 0.2) is 0 Å². The van der Waals surface area contributed by atoms with E-state index < -0.39 is 37.3 Å². The second-order valence-corrected chi connectivity index (χ2v) is 2.81. The molecule has 1 heterocycles. The number of aliphatic hydroxyl groups is 4. The molecule has 6 nitrogen and oxygen atoms in total. The molecular weight excluding hydrogens is 225 g/mol. The first-order chi connectivity index (χ1) is 5.57. The van der Waals surface area contributed by atoms with Crippen LogP contribution in [-0.4, -0.2) is 87.2 Å². The summed E-state index contributed by atoms with van der Waals surface area (Å²) in [6.45, 7) is -0.470. The molecule has 0 spiro atoms. The molecule has 0 bridgehead atoms. The monoisotopic (exact) mass is 239 g/mol. The van der Waals surface area contributed by atoms with Gasteiger partial charge in [-0.25, -0.2) is 0 Å². The average Bonchev–Trinajstić information content (AvgIpc) is 2.08. The van der Waals surface area contributed by atoms with Crippen molar-refractivity contribution < 1.29 is 25.2 Å². The molecule has 1 aliphatic rings. The van der Waals surface area contributed by atoms with Crippen molar-refractivity contribution in [1.29, 1.82) is 0 Å². The van der Waals surface area contributed by atoms with E-state index in [1.165, 1.54) is 0 Å². The molecule has 0 saturated carbocycles. The van der Waals surface area contributed by atoms with E-state index in [0.717, 1.165) is 0 Å². The van der Waals surface area contributed by atoms with Crippen LogP contribution >= 0.6 is 12.4 Å². The van der Waals surface area contributed by atoms with E-state index >= 15 is 0 Å². The van der Waals surface area contributed by atoms with Crippen LogP contribution in [0, 0.1) is 0 Å². The molecule has 82 valence electrons. The van der Waals surface area contributed by atoms with Gasteiger partial charge in [0.25, 0.3) is 0 Å². The van der Waals surface area contributed by atoms with Crippen molar-refractivity contribution in [2.24, 2.45) is 5.73 Å². The molecule has 0 amide bonds. The fourth-order valence-corrected chi connectivity index (χ4v) is 1.12. The first-order valence-electron chi connectivity index (χ1n) is 3.64. The van der Waals surface area contributed by atoms with Crippen LogP contribution in [0.1, 0.15) is 0 Å². The van der Waals surface area contributed by atoms with Crippen molar-refractivity contribution in [2.45, 2.75) is 30.6 Å².